The van der Waals surface area contributed by atoms with E-state index in [-0.39, 0.29) is 13.0 Å². The minimum Gasteiger partial charge on any atom is -0.491 e. The van der Waals surface area contributed by atoms with Crippen molar-refractivity contribution >= 4 is 5.97 Å². The zero-order valence-electron chi connectivity index (χ0n) is 22.3. The van der Waals surface area contributed by atoms with Gasteiger partial charge >= 0.3 is 5.97 Å². The Balaban J connectivity index is 1.81. The molecule has 0 aliphatic rings. The predicted octanol–water partition coefficient (Wildman–Crippen LogP) is 4.92. The second-order valence-corrected chi connectivity index (χ2v) is 8.57. The number of hydrogen-bond donors (Lipinski definition) is 1. The lowest BCUT2D eigenvalue weighted by atomic mass is 10.0. The van der Waals surface area contributed by atoms with Crippen LogP contribution in [0.1, 0.15) is 63.9 Å². The SMILES string of the molecule is CCCCCCCCCc1ccc(OCCOCCOCCOCCOCCOCCC(=O)O)cc1. The van der Waals surface area contributed by atoms with Gasteiger partial charge in [-0.25, -0.2) is 0 Å². The molecule has 0 unspecified atom stereocenters. The quantitative estimate of drug-likeness (QED) is 0.166. The smallest absolute Gasteiger partial charge is 0.305 e. The van der Waals surface area contributed by atoms with Crippen LogP contribution in [0.25, 0.3) is 0 Å². The highest BCUT2D eigenvalue weighted by Crippen LogP contribution is 2.15. The molecular formula is C28H48O8. The molecule has 0 aliphatic heterocycles. The summed E-state index contributed by atoms with van der Waals surface area (Å²) < 4.78 is 32.6. The Bertz CT molecular complexity index is 608. The number of hydrogen-bond acceptors (Lipinski definition) is 7. The molecule has 8 nitrogen and oxygen atoms in total. The van der Waals surface area contributed by atoms with E-state index in [2.05, 4.69) is 19.1 Å². The van der Waals surface area contributed by atoms with Crippen molar-refractivity contribution in [3.8, 4) is 5.75 Å². The summed E-state index contributed by atoms with van der Waals surface area (Å²) in [6, 6.07) is 8.41. The van der Waals surface area contributed by atoms with Crippen molar-refractivity contribution in [3.05, 3.63) is 29.8 Å². The number of aliphatic carboxylic acids is 1. The molecule has 36 heavy (non-hydrogen) atoms. The first kappa shape index (κ1) is 32.3. The summed E-state index contributed by atoms with van der Waals surface area (Å²) in [5.41, 5.74) is 1.38. The number of unbranched alkanes of at least 4 members (excludes halogenated alkanes) is 6. The Hall–Kier alpha value is -1.71. The van der Waals surface area contributed by atoms with E-state index in [4.69, 9.17) is 33.5 Å². The molecule has 8 heteroatoms. The molecule has 1 rings (SSSR count). The first-order valence-electron chi connectivity index (χ1n) is 13.5. The molecule has 0 aliphatic carbocycles. The number of carbonyl (C=O) groups is 1. The van der Waals surface area contributed by atoms with Crippen molar-refractivity contribution < 1.29 is 38.3 Å². The lowest BCUT2D eigenvalue weighted by Gasteiger charge is -2.09. The molecule has 0 heterocycles. The zero-order chi connectivity index (χ0) is 25.9. The van der Waals surface area contributed by atoms with Crippen molar-refractivity contribution in [3.63, 3.8) is 0 Å². The summed E-state index contributed by atoms with van der Waals surface area (Å²) in [6.45, 7) is 7.29. The molecule has 1 N–H and O–H groups in total. The first-order chi connectivity index (χ1) is 17.7. The number of aryl methyl sites for hydroxylation is 1. The van der Waals surface area contributed by atoms with Crippen molar-refractivity contribution in [1.29, 1.82) is 0 Å². The van der Waals surface area contributed by atoms with Gasteiger partial charge in [0.2, 0.25) is 0 Å². The molecule has 208 valence electrons. The standard InChI is InChI=1S/C28H48O8/c1-2-3-4-5-6-7-8-9-26-10-12-27(13-11-26)36-25-24-35-23-22-34-21-20-33-19-18-32-17-16-31-15-14-28(29)30/h10-13H,2-9,14-25H2,1H3,(H,29,30). The van der Waals surface area contributed by atoms with Crippen LogP contribution >= 0.6 is 0 Å². The van der Waals surface area contributed by atoms with E-state index in [0.29, 0.717) is 66.1 Å². The molecule has 0 aromatic heterocycles. The van der Waals surface area contributed by atoms with Crippen LogP contribution in [0.15, 0.2) is 24.3 Å². The van der Waals surface area contributed by atoms with Gasteiger partial charge in [0.15, 0.2) is 0 Å². The Labute approximate surface area is 217 Å². The van der Waals surface area contributed by atoms with Crippen molar-refractivity contribution in [2.45, 2.75) is 64.7 Å². The fraction of sp³-hybridized carbons (Fsp3) is 0.750. The third-order valence-corrected chi connectivity index (χ3v) is 5.44. The van der Waals surface area contributed by atoms with Crippen LogP contribution in [-0.2, 0) is 34.9 Å². The number of benzene rings is 1. The largest absolute Gasteiger partial charge is 0.491 e. The highest BCUT2D eigenvalue weighted by atomic mass is 16.6. The summed E-state index contributed by atoms with van der Waals surface area (Å²) in [6.07, 6.45) is 10.5. The maximum atomic E-state index is 10.3. The summed E-state index contributed by atoms with van der Waals surface area (Å²) in [7, 11) is 0. The summed E-state index contributed by atoms with van der Waals surface area (Å²) in [5.74, 6) is 0.0162. The Morgan fingerprint density at radius 1 is 0.611 bits per heavy atom. The third kappa shape index (κ3) is 21.6. The molecule has 0 amide bonds. The zero-order valence-corrected chi connectivity index (χ0v) is 22.3. The number of rotatable bonds is 27. The van der Waals surface area contributed by atoms with E-state index in [1.54, 1.807) is 0 Å². The molecule has 0 fully saturated rings. The van der Waals surface area contributed by atoms with E-state index in [1.807, 2.05) is 12.1 Å². The Morgan fingerprint density at radius 3 is 1.56 bits per heavy atom. The lowest BCUT2D eigenvalue weighted by molar-refractivity contribution is -0.138. The summed E-state index contributed by atoms with van der Waals surface area (Å²) in [5, 5.41) is 8.48. The molecule has 0 bridgehead atoms. The van der Waals surface area contributed by atoms with Crippen LogP contribution in [0.2, 0.25) is 0 Å². The Kier molecular flexibility index (Phi) is 22.4. The fourth-order valence-electron chi connectivity index (χ4n) is 3.40. The maximum Gasteiger partial charge on any atom is 0.305 e. The van der Waals surface area contributed by atoms with Gasteiger partial charge in [-0.15, -0.1) is 0 Å². The van der Waals surface area contributed by atoms with Gasteiger partial charge < -0.3 is 33.5 Å². The molecule has 0 radical (unpaired) electrons. The first-order valence-corrected chi connectivity index (χ1v) is 13.5. The van der Waals surface area contributed by atoms with Crippen LogP contribution in [0.4, 0.5) is 0 Å². The molecule has 0 atom stereocenters. The molecule has 0 saturated carbocycles. The van der Waals surface area contributed by atoms with Gasteiger partial charge in [-0.2, -0.15) is 0 Å². The molecule has 1 aromatic carbocycles. The van der Waals surface area contributed by atoms with Gasteiger partial charge in [0.25, 0.3) is 0 Å². The Morgan fingerprint density at radius 2 is 1.06 bits per heavy atom. The van der Waals surface area contributed by atoms with E-state index in [0.717, 1.165) is 12.2 Å². The van der Waals surface area contributed by atoms with Crippen LogP contribution in [0, 0.1) is 0 Å². The van der Waals surface area contributed by atoms with E-state index in [9.17, 15) is 4.79 Å². The average molecular weight is 513 g/mol. The summed E-state index contributed by atoms with van der Waals surface area (Å²) >= 11 is 0. The number of ether oxygens (including phenoxy) is 6. The lowest BCUT2D eigenvalue weighted by Crippen LogP contribution is -2.14. The van der Waals surface area contributed by atoms with Gasteiger partial charge in [-0.1, -0.05) is 57.6 Å². The van der Waals surface area contributed by atoms with Gasteiger partial charge in [0, 0.05) is 0 Å². The third-order valence-electron chi connectivity index (χ3n) is 5.44. The van der Waals surface area contributed by atoms with Crippen molar-refractivity contribution in [2.75, 3.05) is 72.7 Å². The van der Waals surface area contributed by atoms with Crippen molar-refractivity contribution in [1.82, 2.24) is 0 Å². The average Bonchev–Trinajstić information content (AvgIpc) is 2.88. The van der Waals surface area contributed by atoms with Crippen LogP contribution in [0.3, 0.4) is 0 Å². The molecular weight excluding hydrogens is 464 g/mol. The summed E-state index contributed by atoms with van der Waals surface area (Å²) in [4.78, 5) is 10.3. The second-order valence-electron chi connectivity index (χ2n) is 8.57. The van der Waals surface area contributed by atoms with E-state index in [1.165, 1.54) is 50.5 Å². The van der Waals surface area contributed by atoms with Gasteiger partial charge in [0.1, 0.15) is 12.4 Å². The van der Waals surface area contributed by atoms with Gasteiger partial charge in [0.05, 0.1) is 72.5 Å². The number of carboxylic acid groups (broad SMARTS) is 1. The van der Waals surface area contributed by atoms with E-state index >= 15 is 0 Å². The van der Waals surface area contributed by atoms with Gasteiger partial charge in [-0.05, 0) is 30.5 Å². The van der Waals surface area contributed by atoms with Crippen LogP contribution in [0.5, 0.6) is 5.75 Å². The highest BCUT2D eigenvalue weighted by Gasteiger charge is 1.99. The van der Waals surface area contributed by atoms with Crippen molar-refractivity contribution in [2.24, 2.45) is 0 Å². The normalized spacial score (nSPS) is 11.1. The van der Waals surface area contributed by atoms with Crippen LogP contribution < -0.4 is 4.74 Å². The number of carboxylic acids is 1. The fourth-order valence-corrected chi connectivity index (χ4v) is 3.40. The highest BCUT2D eigenvalue weighted by molar-refractivity contribution is 5.66. The molecule has 1 aromatic rings. The predicted molar refractivity (Wildman–Crippen MR) is 140 cm³/mol. The minimum atomic E-state index is -0.863. The molecule has 0 spiro atoms. The topological polar surface area (TPSA) is 92.7 Å². The minimum absolute atomic E-state index is 0.00971. The van der Waals surface area contributed by atoms with Gasteiger partial charge in [-0.3, -0.25) is 4.79 Å². The second kappa shape index (κ2) is 25.0. The maximum absolute atomic E-state index is 10.3. The van der Waals surface area contributed by atoms with E-state index < -0.39 is 5.97 Å². The van der Waals surface area contributed by atoms with Crippen LogP contribution in [-0.4, -0.2) is 83.8 Å². The molecule has 0 saturated heterocycles. The monoisotopic (exact) mass is 512 g/mol.